The molecular weight excluding hydrogens is 530 g/mol. The average molecular weight is 561 g/mol. The molecule has 0 aliphatic carbocycles. The Hall–Kier alpha value is -3.73. The van der Waals surface area contributed by atoms with Crippen LogP contribution in [-0.2, 0) is 29.9 Å². The Kier molecular flexibility index (Phi) is 7.69. The zero-order chi connectivity index (χ0) is 26.2. The molecule has 1 aromatic carbocycles. The smallest absolute Gasteiger partial charge is 0.657 e. The second-order valence-corrected chi connectivity index (χ2v) is 9.62. The first-order valence-corrected chi connectivity index (χ1v) is 13.6. The minimum atomic E-state index is 0. The molecule has 0 unspecified atom stereocenters. The number of benzene rings is 1. The van der Waals surface area contributed by atoms with Crippen LogP contribution >= 0.6 is 0 Å². The van der Waals surface area contributed by atoms with Gasteiger partial charge in [-0.05, 0) is 82.8 Å². The summed E-state index contributed by atoms with van der Waals surface area (Å²) in [5.74, 6) is 0.779. The summed E-state index contributed by atoms with van der Waals surface area (Å²) in [4.78, 5) is 25.2. The molecule has 8 bridgehead atoms. The van der Waals surface area contributed by atoms with Crippen molar-refractivity contribution in [1.29, 1.82) is 0 Å². The van der Waals surface area contributed by atoms with Crippen molar-refractivity contribution in [3.05, 3.63) is 88.6 Å². The fourth-order valence-corrected chi connectivity index (χ4v) is 5.64. The molecule has 0 spiro atoms. The van der Waals surface area contributed by atoms with Gasteiger partial charge in [0.1, 0.15) is 0 Å². The molecule has 4 aromatic rings. The van der Waals surface area contributed by atoms with Gasteiger partial charge < -0.3 is 15.0 Å². The molecule has 0 amide bonds. The first-order valence-electron chi connectivity index (χ1n) is 13.6. The molecule has 0 N–H and O–H groups in total. The van der Waals surface area contributed by atoms with Crippen molar-refractivity contribution in [2.24, 2.45) is 0 Å². The summed E-state index contributed by atoms with van der Waals surface area (Å²) in [7, 11) is 0. The normalized spacial score (nSPS) is 12.6. The van der Waals surface area contributed by atoms with Gasteiger partial charge in [-0.3, -0.25) is 4.98 Å². The molecule has 6 heteroatoms. The zero-order valence-electron chi connectivity index (χ0n) is 22.7. The molecular formula is C33H31CuN5. The fraction of sp³-hybridized carbons (Fsp3) is 0.242. The molecule has 1 radical (unpaired) electrons. The van der Waals surface area contributed by atoms with Crippen LogP contribution in [0.2, 0.25) is 0 Å². The van der Waals surface area contributed by atoms with Gasteiger partial charge in [0.15, 0.2) is 0 Å². The molecule has 5 nitrogen and oxygen atoms in total. The van der Waals surface area contributed by atoms with Crippen LogP contribution in [0.5, 0.6) is 0 Å². The first kappa shape index (κ1) is 26.9. The van der Waals surface area contributed by atoms with Crippen LogP contribution in [0.25, 0.3) is 56.6 Å². The number of fused-ring (bicyclic) bond motifs is 8. The van der Waals surface area contributed by atoms with E-state index in [-0.39, 0.29) is 17.1 Å². The largest absolute Gasteiger partial charge is 2.00 e. The monoisotopic (exact) mass is 560 g/mol. The number of nitrogens with zero attached hydrogens (tertiary/aromatic N) is 5. The van der Waals surface area contributed by atoms with Gasteiger partial charge in [-0.1, -0.05) is 81.9 Å². The Morgan fingerprint density at radius 3 is 2.15 bits per heavy atom. The van der Waals surface area contributed by atoms with Crippen LogP contribution in [0.3, 0.4) is 0 Å². The van der Waals surface area contributed by atoms with Crippen molar-refractivity contribution in [2.75, 3.05) is 0 Å². The zero-order valence-corrected chi connectivity index (χ0v) is 23.7. The molecule has 2 aliphatic heterocycles. The third kappa shape index (κ3) is 4.79. The van der Waals surface area contributed by atoms with Crippen LogP contribution < -0.4 is 9.97 Å². The summed E-state index contributed by atoms with van der Waals surface area (Å²) in [6.07, 6.45) is 7.67. The summed E-state index contributed by atoms with van der Waals surface area (Å²) in [5.41, 5.74) is 13.2. The van der Waals surface area contributed by atoms with Crippen molar-refractivity contribution in [3.63, 3.8) is 0 Å². The predicted molar refractivity (Wildman–Crippen MR) is 157 cm³/mol. The number of rotatable bonds is 5. The standard InChI is InChI=1S/C33H31N5.Cu/c1-5-23-25(7-3)32-36-29(23)18-21-14-16-27(34-21)31(20-12-10-9-11-13-20)28-17-15-22(35-28)19-30-24(6-2)26(8-4)33(37-30)38-32;/h9-19H,5-8H2,1-4H3;/q-2;+2. The molecule has 0 saturated heterocycles. The van der Waals surface area contributed by atoms with Gasteiger partial charge in [0.2, 0.25) is 0 Å². The quantitative estimate of drug-likeness (QED) is 0.206. The van der Waals surface area contributed by atoms with E-state index in [9.17, 15) is 0 Å². The van der Waals surface area contributed by atoms with Gasteiger partial charge in [0.25, 0.3) is 0 Å². The molecule has 2 aliphatic rings. The third-order valence-electron chi connectivity index (χ3n) is 7.43. The van der Waals surface area contributed by atoms with Crippen LogP contribution in [0.1, 0.15) is 74.6 Å². The van der Waals surface area contributed by atoms with Crippen molar-refractivity contribution in [3.8, 4) is 11.1 Å². The molecule has 39 heavy (non-hydrogen) atoms. The van der Waals surface area contributed by atoms with E-state index in [1.54, 1.807) is 0 Å². The molecule has 0 atom stereocenters. The van der Waals surface area contributed by atoms with E-state index in [4.69, 9.17) is 24.9 Å². The summed E-state index contributed by atoms with van der Waals surface area (Å²) < 4.78 is 0. The van der Waals surface area contributed by atoms with Gasteiger partial charge >= 0.3 is 17.1 Å². The SMILES string of the molecule is CCC1=C(CC)c2nc1cc1ccc([n-]1)c(-c1ccccc1)c1nc(cc3[n-]c(n2)c(CC)c3CC)C=C1.[Cu+2]. The molecule has 5 heterocycles. The average Bonchev–Trinajstić information content (AvgIpc) is 3.71. The molecule has 199 valence electrons. The predicted octanol–water partition coefficient (Wildman–Crippen LogP) is 7.66. The number of aryl methyl sites for hydroxylation is 2. The molecule has 3 aromatic heterocycles. The summed E-state index contributed by atoms with van der Waals surface area (Å²) >= 11 is 0. The van der Waals surface area contributed by atoms with Crippen molar-refractivity contribution in [2.45, 2.75) is 53.4 Å². The Bertz CT molecular complexity index is 1760. The summed E-state index contributed by atoms with van der Waals surface area (Å²) in [6, 6.07) is 18.7. The first-order chi connectivity index (χ1) is 18.6. The minimum Gasteiger partial charge on any atom is -0.657 e. The maximum Gasteiger partial charge on any atom is 2.00 e. The molecule has 0 fully saturated rings. The minimum absolute atomic E-state index is 0. The van der Waals surface area contributed by atoms with E-state index in [1.807, 2.05) is 6.07 Å². The maximum absolute atomic E-state index is 5.07. The number of allylic oxidation sites excluding steroid dienone is 2. The van der Waals surface area contributed by atoms with E-state index >= 15 is 0 Å². The Balaban J connectivity index is 0.00000308. The second-order valence-electron chi connectivity index (χ2n) is 9.62. The van der Waals surface area contributed by atoms with E-state index in [0.717, 1.165) is 81.9 Å². The van der Waals surface area contributed by atoms with Gasteiger partial charge in [0, 0.05) is 0 Å². The van der Waals surface area contributed by atoms with Gasteiger partial charge in [-0.2, -0.15) is 0 Å². The van der Waals surface area contributed by atoms with Crippen LogP contribution in [0.4, 0.5) is 0 Å². The number of aromatic nitrogens is 5. The number of hydrogen-bond acceptors (Lipinski definition) is 3. The van der Waals surface area contributed by atoms with Crippen LogP contribution in [-0.4, -0.2) is 15.0 Å². The van der Waals surface area contributed by atoms with E-state index in [1.165, 1.54) is 22.3 Å². The third-order valence-corrected chi connectivity index (χ3v) is 7.43. The van der Waals surface area contributed by atoms with Gasteiger partial charge in [-0.15, -0.1) is 11.0 Å². The van der Waals surface area contributed by atoms with Crippen molar-refractivity contribution >= 4 is 45.5 Å². The van der Waals surface area contributed by atoms with Crippen LogP contribution in [0, 0.1) is 0 Å². The molecule has 0 saturated carbocycles. The van der Waals surface area contributed by atoms with Crippen LogP contribution in [0.15, 0.2) is 54.6 Å². The Morgan fingerprint density at radius 1 is 0.667 bits per heavy atom. The van der Waals surface area contributed by atoms with Crippen molar-refractivity contribution in [1.82, 2.24) is 24.9 Å². The maximum atomic E-state index is 5.07. The second kappa shape index (κ2) is 11.2. The van der Waals surface area contributed by atoms with Crippen molar-refractivity contribution < 1.29 is 17.1 Å². The summed E-state index contributed by atoms with van der Waals surface area (Å²) in [6.45, 7) is 8.72. The van der Waals surface area contributed by atoms with E-state index in [0.29, 0.717) is 0 Å². The summed E-state index contributed by atoms with van der Waals surface area (Å²) in [5, 5.41) is 0. The Morgan fingerprint density at radius 2 is 1.44 bits per heavy atom. The van der Waals surface area contributed by atoms with Gasteiger partial charge in [0.05, 0.1) is 22.9 Å². The van der Waals surface area contributed by atoms with E-state index in [2.05, 4.69) is 88.4 Å². The fourth-order valence-electron chi connectivity index (χ4n) is 5.64. The van der Waals surface area contributed by atoms with E-state index < -0.39 is 0 Å². The molecule has 6 rings (SSSR count). The number of hydrogen-bond donors (Lipinski definition) is 0. The topological polar surface area (TPSA) is 66.9 Å². The van der Waals surface area contributed by atoms with Gasteiger partial charge in [-0.25, -0.2) is 4.98 Å². The Labute approximate surface area is 240 Å².